The molecule has 18 heavy (non-hydrogen) atoms. The number of nitrogens with two attached hydrogens (primary N) is 1. The Kier molecular flexibility index (Phi) is 4.00. The third-order valence-corrected chi connectivity index (χ3v) is 3.17. The molecule has 1 aliphatic rings. The van der Waals surface area contributed by atoms with Crippen LogP contribution in [0.15, 0.2) is 24.3 Å². The van der Waals surface area contributed by atoms with Crippen LogP contribution in [-0.4, -0.2) is 36.2 Å². The Bertz CT molecular complexity index is 409. The molecular weight excluding hydrogens is 231 g/mol. The first kappa shape index (κ1) is 13.5. The van der Waals surface area contributed by atoms with Gasteiger partial charge in [-0.3, -0.25) is 4.90 Å². The van der Waals surface area contributed by atoms with Crippen molar-refractivity contribution in [3.63, 3.8) is 0 Å². The van der Waals surface area contributed by atoms with Gasteiger partial charge in [-0.1, -0.05) is 18.2 Å². The monoisotopic (exact) mass is 252 g/mol. The molecule has 1 saturated heterocycles. The smallest absolute Gasteiger partial charge is 0.127 e. The van der Waals surface area contributed by atoms with Crippen LogP contribution in [0.4, 0.5) is 4.39 Å². The Balaban J connectivity index is 2.07. The van der Waals surface area contributed by atoms with E-state index in [4.69, 9.17) is 10.5 Å². The average Bonchev–Trinajstić information content (AvgIpc) is 2.30. The number of morpholine rings is 1. The summed E-state index contributed by atoms with van der Waals surface area (Å²) in [5.41, 5.74) is 6.18. The highest BCUT2D eigenvalue weighted by molar-refractivity contribution is 5.17. The molecule has 0 spiro atoms. The van der Waals surface area contributed by atoms with Gasteiger partial charge in [0.05, 0.1) is 11.7 Å². The van der Waals surface area contributed by atoms with Gasteiger partial charge in [-0.25, -0.2) is 4.39 Å². The molecule has 1 atom stereocenters. The van der Waals surface area contributed by atoms with Crippen molar-refractivity contribution in [1.82, 2.24) is 4.90 Å². The highest BCUT2D eigenvalue weighted by atomic mass is 19.1. The number of hydrogen-bond donors (Lipinski definition) is 1. The molecule has 0 aliphatic carbocycles. The molecule has 4 heteroatoms. The van der Waals surface area contributed by atoms with E-state index in [-0.39, 0.29) is 17.5 Å². The lowest BCUT2D eigenvalue weighted by atomic mass is 10.0. The van der Waals surface area contributed by atoms with E-state index in [0.29, 0.717) is 13.1 Å². The first-order valence-corrected chi connectivity index (χ1v) is 6.34. The van der Waals surface area contributed by atoms with E-state index >= 15 is 0 Å². The summed E-state index contributed by atoms with van der Waals surface area (Å²) in [5.74, 6) is -0.147. The van der Waals surface area contributed by atoms with Crippen LogP contribution in [-0.2, 0) is 11.3 Å². The number of ether oxygens (including phenoxy) is 1. The van der Waals surface area contributed by atoms with Gasteiger partial charge in [0.25, 0.3) is 0 Å². The van der Waals surface area contributed by atoms with Crippen LogP contribution >= 0.6 is 0 Å². The minimum absolute atomic E-state index is 0.0283. The van der Waals surface area contributed by atoms with Gasteiger partial charge in [0.1, 0.15) is 5.82 Å². The quantitative estimate of drug-likeness (QED) is 0.891. The largest absolute Gasteiger partial charge is 0.368 e. The van der Waals surface area contributed by atoms with E-state index in [2.05, 4.69) is 4.90 Å². The molecule has 1 aromatic rings. The van der Waals surface area contributed by atoms with Gasteiger partial charge in [0.15, 0.2) is 0 Å². The second-order valence-electron chi connectivity index (χ2n) is 5.50. The standard InChI is InChI=1S/C14H21FN2O/c1-14(2)10-17(9-12(7-16)18-14)8-11-5-3-4-6-13(11)15/h3-6,12H,7-10,16H2,1-2H3. The van der Waals surface area contributed by atoms with Gasteiger partial charge in [-0.15, -0.1) is 0 Å². The second kappa shape index (κ2) is 5.34. The van der Waals surface area contributed by atoms with Crippen LogP contribution in [0.3, 0.4) is 0 Å². The zero-order valence-electron chi connectivity index (χ0n) is 11.0. The first-order chi connectivity index (χ1) is 8.50. The molecule has 0 saturated carbocycles. The molecule has 0 radical (unpaired) electrons. The van der Waals surface area contributed by atoms with Gasteiger partial charge in [0.2, 0.25) is 0 Å². The molecule has 1 unspecified atom stereocenters. The molecule has 2 rings (SSSR count). The maximum atomic E-state index is 13.6. The predicted octanol–water partition coefficient (Wildman–Crippen LogP) is 1.76. The van der Waals surface area contributed by atoms with E-state index < -0.39 is 0 Å². The molecular formula is C14H21FN2O. The number of halogens is 1. The molecule has 0 bridgehead atoms. The fourth-order valence-corrected chi connectivity index (χ4v) is 2.53. The summed E-state index contributed by atoms with van der Waals surface area (Å²) in [6.45, 7) is 6.74. The molecule has 1 fully saturated rings. The average molecular weight is 252 g/mol. The molecule has 1 aliphatic heterocycles. The maximum absolute atomic E-state index is 13.6. The Hall–Kier alpha value is -0.970. The number of benzene rings is 1. The van der Waals surface area contributed by atoms with Crippen molar-refractivity contribution in [2.24, 2.45) is 5.73 Å². The van der Waals surface area contributed by atoms with Crippen molar-refractivity contribution < 1.29 is 9.13 Å². The normalized spacial score (nSPS) is 24.1. The lowest BCUT2D eigenvalue weighted by Crippen LogP contribution is -2.54. The topological polar surface area (TPSA) is 38.5 Å². The SMILES string of the molecule is CC1(C)CN(Cc2ccccc2F)CC(CN)O1. The van der Waals surface area contributed by atoms with Crippen molar-refractivity contribution in [2.75, 3.05) is 19.6 Å². The van der Waals surface area contributed by atoms with Crippen molar-refractivity contribution in [2.45, 2.75) is 32.1 Å². The van der Waals surface area contributed by atoms with Gasteiger partial charge >= 0.3 is 0 Å². The fraction of sp³-hybridized carbons (Fsp3) is 0.571. The third-order valence-electron chi connectivity index (χ3n) is 3.17. The summed E-state index contributed by atoms with van der Waals surface area (Å²) in [7, 11) is 0. The Labute approximate surface area is 108 Å². The molecule has 0 amide bonds. The molecule has 1 heterocycles. The van der Waals surface area contributed by atoms with E-state index in [1.165, 1.54) is 6.07 Å². The van der Waals surface area contributed by atoms with E-state index in [1.54, 1.807) is 6.07 Å². The number of nitrogens with zero attached hydrogens (tertiary/aromatic N) is 1. The summed E-state index contributed by atoms with van der Waals surface area (Å²) in [6.07, 6.45) is 0.0283. The highest BCUT2D eigenvalue weighted by Gasteiger charge is 2.32. The number of hydrogen-bond acceptors (Lipinski definition) is 3. The first-order valence-electron chi connectivity index (χ1n) is 6.34. The predicted molar refractivity (Wildman–Crippen MR) is 69.7 cm³/mol. The van der Waals surface area contributed by atoms with Crippen molar-refractivity contribution in [3.05, 3.63) is 35.6 Å². The number of rotatable bonds is 3. The summed E-state index contributed by atoms with van der Waals surface area (Å²) in [4.78, 5) is 2.21. The summed E-state index contributed by atoms with van der Waals surface area (Å²) < 4.78 is 19.5. The Morgan fingerprint density at radius 1 is 1.44 bits per heavy atom. The van der Waals surface area contributed by atoms with Gasteiger partial charge in [0, 0.05) is 31.7 Å². The lowest BCUT2D eigenvalue weighted by molar-refractivity contribution is -0.134. The molecule has 2 N–H and O–H groups in total. The highest BCUT2D eigenvalue weighted by Crippen LogP contribution is 2.22. The van der Waals surface area contributed by atoms with Gasteiger partial charge < -0.3 is 10.5 Å². The van der Waals surface area contributed by atoms with E-state index in [0.717, 1.165) is 18.7 Å². The molecule has 0 aromatic heterocycles. The molecule has 100 valence electrons. The zero-order valence-corrected chi connectivity index (χ0v) is 11.0. The van der Waals surface area contributed by atoms with Crippen molar-refractivity contribution in [3.8, 4) is 0 Å². The van der Waals surface area contributed by atoms with Crippen LogP contribution in [0, 0.1) is 5.82 Å². The van der Waals surface area contributed by atoms with E-state index in [9.17, 15) is 4.39 Å². The second-order valence-corrected chi connectivity index (χ2v) is 5.50. The zero-order chi connectivity index (χ0) is 13.2. The molecule has 3 nitrogen and oxygen atoms in total. The van der Waals surface area contributed by atoms with E-state index in [1.807, 2.05) is 26.0 Å². The van der Waals surface area contributed by atoms with Crippen molar-refractivity contribution in [1.29, 1.82) is 0 Å². The minimum atomic E-state index is -0.229. The lowest BCUT2D eigenvalue weighted by Gasteiger charge is -2.42. The van der Waals surface area contributed by atoms with Crippen LogP contribution in [0.1, 0.15) is 19.4 Å². The fourth-order valence-electron chi connectivity index (χ4n) is 2.53. The van der Waals surface area contributed by atoms with Gasteiger partial charge in [-0.05, 0) is 19.9 Å². The summed E-state index contributed by atoms with van der Waals surface area (Å²) >= 11 is 0. The Morgan fingerprint density at radius 3 is 2.83 bits per heavy atom. The van der Waals surface area contributed by atoms with Crippen LogP contribution in [0.2, 0.25) is 0 Å². The van der Waals surface area contributed by atoms with Crippen LogP contribution < -0.4 is 5.73 Å². The molecule has 1 aromatic carbocycles. The summed E-state index contributed by atoms with van der Waals surface area (Å²) in [5, 5.41) is 0. The van der Waals surface area contributed by atoms with Gasteiger partial charge in [-0.2, -0.15) is 0 Å². The third kappa shape index (κ3) is 3.28. The minimum Gasteiger partial charge on any atom is -0.368 e. The van der Waals surface area contributed by atoms with Crippen LogP contribution in [0.25, 0.3) is 0 Å². The van der Waals surface area contributed by atoms with Crippen molar-refractivity contribution >= 4 is 0 Å². The maximum Gasteiger partial charge on any atom is 0.127 e. The van der Waals surface area contributed by atoms with Crippen LogP contribution in [0.5, 0.6) is 0 Å². The Morgan fingerprint density at radius 2 is 2.17 bits per heavy atom. The summed E-state index contributed by atoms with van der Waals surface area (Å²) in [6, 6.07) is 6.91.